The van der Waals surface area contributed by atoms with E-state index in [1.807, 2.05) is 6.92 Å². The Morgan fingerprint density at radius 2 is 2.08 bits per heavy atom. The van der Waals surface area contributed by atoms with Crippen molar-refractivity contribution in [2.75, 3.05) is 12.4 Å². The fourth-order valence-corrected chi connectivity index (χ4v) is 2.53. The van der Waals surface area contributed by atoms with Gasteiger partial charge in [0.15, 0.2) is 0 Å². The van der Waals surface area contributed by atoms with E-state index in [1.54, 1.807) is 36.4 Å². The van der Waals surface area contributed by atoms with Gasteiger partial charge >= 0.3 is 6.09 Å². The lowest BCUT2D eigenvalue weighted by atomic mass is 10.1. The molecule has 2 aromatic carbocycles. The predicted molar refractivity (Wildman–Crippen MR) is 90.3 cm³/mol. The van der Waals surface area contributed by atoms with Crippen molar-refractivity contribution in [2.24, 2.45) is 0 Å². The molecule has 0 fully saturated rings. The highest BCUT2D eigenvalue weighted by atomic mass is 16.5. The molecule has 0 saturated carbocycles. The summed E-state index contributed by atoms with van der Waals surface area (Å²) in [4.78, 5) is 27.9. The second-order valence-corrected chi connectivity index (χ2v) is 5.21. The summed E-state index contributed by atoms with van der Waals surface area (Å²) in [7, 11) is 1.52. The topological polar surface area (TPSA) is 93.5 Å². The fraction of sp³-hybridized carbons (Fsp3) is 0.118. The molecular weight excluding hydrogens is 310 g/mol. The molecule has 0 aliphatic carbocycles. The second-order valence-electron chi connectivity index (χ2n) is 5.21. The Morgan fingerprint density at radius 3 is 2.79 bits per heavy atom. The summed E-state index contributed by atoms with van der Waals surface area (Å²) >= 11 is 0. The summed E-state index contributed by atoms with van der Waals surface area (Å²) in [6.07, 6.45) is 0.249. The first-order valence-corrected chi connectivity index (χ1v) is 7.16. The number of aryl methyl sites for hydroxylation is 1. The minimum absolute atomic E-state index is 0.255. The average molecular weight is 325 g/mol. The van der Waals surface area contributed by atoms with Gasteiger partial charge in [-0.25, -0.2) is 9.78 Å². The number of carboxylic acid groups (broad SMARTS) is 1. The van der Waals surface area contributed by atoms with Crippen molar-refractivity contribution in [3.63, 3.8) is 0 Å². The third-order valence-electron chi connectivity index (χ3n) is 3.69. The summed E-state index contributed by atoms with van der Waals surface area (Å²) in [5.74, 6) is 0.523. The van der Waals surface area contributed by atoms with E-state index in [4.69, 9.17) is 9.84 Å². The van der Waals surface area contributed by atoms with E-state index in [0.29, 0.717) is 28.0 Å². The number of aromatic nitrogens is 2. The number of nitrogens with one attached hydrogen (secondary N) is 1. The highest BCUT2D eigenvalue weighted by Crippen LogP contribution is 2.22. The van der Waals surface area contributed by atoms with Crippen LogP contribution in [0.25, 0.3) is 16.6 Å². The zero-order valence-electron chi connectivity index (χ0n) is 13.1. The summed E-state index contributed by atoms with van der Waals surface area (Å²) in [6.45, 7) is 1.84. The molecule has 7 nitrogen and oxygen atoms in total. The molecule has 0 aliphatic heterocycles. The van der Waals surface area contributed by atoms with Crippen molar-refractivity contribution in [3.05, 3.63) is 58.6 Å². The molecule has 0 aliphatic rings. The Kier molecular flexibility index (Phi) is 3.91. The standard InChI is InChI=1S/C17H15N3O4/c1-10-6-7-11(19-17(22)23)8-13(10)20-9-18-15-12(16(20)21)4-3-5-14(15)24-2/h3-9,19H,1-2H3,(H,22,23). The van der Waals surface area contributed by atoms with Crippen LogP contribution in [0.5, 0.6) is 5.75 Å². The van der Waals surface area contributed by atoms with Crippen LogP contribution in [0.3, 0.4) is 0 Å². The Labute approximate surface area is 137 Å². The van der Waals surface area contributed by atoms with E-state index in [0.717, 1.165) is 5.56 Å². The van der Waals surface area contributed by atoms with Gasteiger partial charge in [-0.05, 0) is 36.8 Å². The highest BCUT2D eigenvalue weighted by molar-refractivity contribution is 5.85. The van der Waals surface area contributed by atoms with E-state index < -0.39 is 6.09 Å². The van der Waals surface area contributed by atoms with Crippen molar-refractivity contribution in [1.82, 2.24) is 9.55 Å². The number of amides is 1. The lowest BCUT2D eigenvalue weighted by Crippen LogP contribution is -2.20. The van der Waals surface area contributed by atoms with Crippen LogP contribution < -0.4 is 15.6 Å². The highest BCUT2D eigenvalue weighted by Gasteiger charge is 2.12. The third kappa shape index (κ3) is 2.67. The normalized spacial score (nSPS) is 10.6. The Hall–Kier alpha value is -3.35. The van der Waals surface area contributed by atoms with Gasteiger partial charge in [0, 0.05) is 5.69 Å². The third-order valence-corrected chi connectivity index (χ3v) is 3.69. The summed E-state index contributed by atoms with van der Waals surface area (Å²) < 4.78 is 6.62. The maximum absolute atomic E-state index is 12.8. The zero-order chi connectivity index (χ0) is 17.3. The smallest absolute Gasteiger partial charge is 0.409 e. The van der Waals surface area contributed by atoms with Gasteiger partial charge in [0.05, 0.1) is 18.2 Å². The lowest BCUT2D eigenvalue weighted by Gasteiger charge is -2.12. The van der Waals surface area contributed by atoms with Gasteiger partial charge in [0.25, 0.3) is 5.56 Å². The molecule has 24 heavy (non-hydrogen) atoms. The largest absolute Gasteiger partial charge is 0.494 e. The number of hydrogen-bond donors (Lipinski definition) is 2. The van der Waals surface area contributed by atoms with E-state index in [9.17, 15) is 9.59 Å². The Bertz CT molecular complexity index is 995. The predicted octanol–water partition coefficient (Wildman–Crippen LogP) is 2.79. The molecule has 1 amide bonds. The molecule has 3 aromatic rings. The van der Waals surface area contributed by atoms with Crippen LogP contribution in [0.2, 0.25) is 0 Å². The fourth-order valence-electron chi connectivity index (χ4n) is 2.53. The lowest BCUT2D eigenvalue weighted by molar-refractivity contribution is 0.210. The van der Waals surface area contributed by atoms with E-state index in [-0.39, 0.29) is 5.56 Å². The summed E-state index contributed by atoms with van der Waals surface area (Å²) in [6, 6.07) is 10.1. The van der Waals surface area contributed by atoms with Crippen molar-refractivity contribution < 1.29 is 14.6 Å². The Balaban J connectivity index is 2.22. The van der Waals surface area contributed by atoms with Crippen molar-refractivity contribution in [2.45, 2.75) is 6.92 Å². The Morgan fingerprint density at radius 1 is 1.29 bits per heavy atom. The monoisotopic (exact) mass is 325 g/mol. The summed E-state index contributed by atoms with van der Waals surface area (Å²) in [5.41, 5.74) is 1.98. The summed E-state index contributed by atoms with van der Waals surface area (Å²) in [5, 5.41) is 11.5. The van der Waals surface area contributed by atoms with Gasteiger partial charge in [-0.2, -0.15) is 0 Å². The van der Waals surface area contributed by atoms with Gasteiger partial charge < -0.3 is 9.84 Å². The number of rotatable bonds is 3. The molecule has 0 bridgehead atoms. The minimum atomic E-state index is -1.17. The molecule has 1 heterocycles. The number of ether oxygens (including phenoxy) is 1. The van der Waals surface area contributed by atoms with Gasteiger partial charge in [-0.1, -0.05) is 12.1 Å². The molecule has 122 valence electrons. The van der Waals surface area contributed by atoms with Gasteiger partial charge in [-0.3, -0.25) is 14.7 Å². The minimum Gasteiger partial charge on any atom is -0.494 e. The SMILES string of the molecule is COc1cccc2c(=O)n(-c3cc(NC(=O)O)ccc3C)cnc12. The molecule has 0 atom stereocenters. The number of fused-ring (bicyclic) bond motifs is 1. The van der Waals surface area contributed by atoms with Crippen molar-refractivity contribution in [1.29, 1.82) is 0 Å². The maximum Gasteiger partial charge on any atom is 0.409 e. The van der Waals surface area contributed by atoms with Gasteiger partial charge in [0.1, 0.15) is 17.6 Å². The van der Waals surface area contributed by atoms with Crippen LogP contribution in [0, 0.1) is 6.92 Å². The van der Waals surface area contributed by atoms with Gasteiger partial charge in [0.2, 0.25) is 0 Å². The first-order valence-electron chi connectivity index (χ1n) is 7.16. The van der Waals surface area contributed by atoms with Crippen LogP contribution >= 0.6 is 0 Å². The first-order chi connectivity index (χ1) is 11.5. The van der Waals surface area contributed by atoms with E-state index >= 15 is 0 Å². The molecule has 2 N–H and O–H groups in total. The molecule has 0 radical (unpaired) electrons. The van der Waals surface area contributed by atoms with E-state index in [1.165, 1.54) is 18.0 Å². The number of benzene rings is 2. The average Bonchev–Trinajstić information content (AvgIpc) is 2.56. The molecule has 3 rings (SSSR count). The molecule has 7 heteroatoms. The number of carbonyl (C=O) groups is 1. The molecular formula is C17H15N3O4. The number of nitrogens with zero attached hydrogens (tertiary/aromatic N) is 2. The van der Waals surface area contributed by atoms with Crippen LogP contribution in [-0.4, -0.2) is 27.9 Å². The second kappa shape index (κ2) is 6.04. The molecule has 0 spiro atoms. The number of methoxy groups -OCH3 is 1. The van der Waals surface area contributed by atoms with Crippen LogP contribution in [0.1, 0.15) is 5.56 Å². The molecule has 0 saturated heterocycles. The maximum atomic E-state index is 12.8. The number of hydrogen-bond acceptors (Lipinski definition) is 4. The van der Waals surface area contributed by atoms with Crippen LogP contribution in [0.4, 0.5) is 10.5 Å². The molecule has 0 unspecified atom stereocenters. The van der Waals surface area contributed by atoms with Crippen molar-refractivity contribution in [3.8, 4) is 11.4 Å². The van der Waals surface area contributed by atoms with Crippen LogP contribution in [0.15, 0.2) is 47.5 Å². The zero-order valence-corrected chi connectivity index (χ0v) is 13.1. The van der Waals surface area contributed by atoms with Gasteiger partial charge in [-0.15, -0.1) is 0 Å². The van der Waals surface area contributed by atoms with Crippen molar-refractivity contribution >= 4 is 22.7 Å². The number of anilines is 1. The van der Waals surface area contributed by atoms with Crippen LogP contribution in [-0.2, 0) is 0 Å². The number of para-hydroxylation sites is 1. The first kappa shape index (κ1) is 15.5. The van der Waals surface area contributed by atoms with E-state index in [2.05, 4.69) is 10.3 Å². The molecule has 1 aromatic heterocycles. The quantitative estimate of drug-likeness (QED) is 0.772.